The van der Waals surface area contributed by atoms with Crippen LogP contribution in [0.5, 0.6) is 0 Å². The van der Waals surface area contributed by atoms with Gasteiger partial charge >= 0.3 is 0 Å². The zero-order valence-corrected chi connectivity index (χ0v) is 10.7. The summed E-state index contributed by atoms with van der Waals surface area (Å²) < 4.78 is 0. The number of nitrogens with one attached hydrogen (secondary N) is 1. The van der Waals surface area contributed by atoms with Crippen molar-refractivity contribution in [2.45, 2.75) is 44.7 Å². The van der Waals surface area contributed by atoms with Crippen LogP contribution in [0, 0.1) is 6.92 Å². The van der Waals surface area contributed by atoms with Gasteiger partial charge in [0, 0.05) is 18.8 Å². The lowest BCUT2D eigenvalue weighted by Crippen LogP contribution is -2.51. The number of pyridine rings is 1. The van der Waals surface area contributed by atoms with E-state index in [0.29, 0.717) is 6.04 Å². The fraction of sp³-hybridized carbons (Fsp3) is 0.571. The summed E-state index contributed by atoms with van der Waals surface area (Å²) in [7, 11) is 0. The SMILES string of the molecule is Cc1cncc(N2CCCC(NC3CC3)C2=O)c1. The van der Waals surface area contributed by atoms with E-state index in [1.165, 1.54) is 12.8 Å². The summed E-state index contributed by atoms with van der Waals surface area (Å²) in [5, 5.41) is 3.45. The summed E-state index contributed by atoms with van der Waals surface area (Å²) in [6, 6.07) is 2.62. The van der Waals surface area contributed by atoms with Gasteiger partial charge in [-0.1, -0.05) is 0 Å². The number of aryl methyl sites for hydroxylation is 1. The second-order valence-electron chi connectivity index (χ2n) is 5.35. The number of hydrogen-bond donors (Lipinski definition) is 1. The molecule has 4 nitrogen and oxygen atoms in total. The highest BCUT2D eigenvalue weighted by atomic mass is 16.2. The first-order chi connectivity index (χ1) is 8.74. The molecule has 1 saturated heterocycles. The molecule has 1 saturated carbocycles. The molecule has 1 unspecified atom stereocenters. The second-order valence-corrected chi connectivity index (χ2v) is 5.35. The number of amides is 1. The number of piperidine rings is 1. The number of hydrogen-bond acceptors (Lipinski definition) is 3. The molecule has 1 aromatic rings. The van der Waals surface area contributed by atoms with Crippen LogP contribution in [0.25, 0.3) is 0 Å². The van der Waals surface area contributed by atoms with Crippen molar-refractivity contribution in [2.24, 2.45) is 0 Å². The van der Waals surface area contributed by atoms with Gasteiger partial charge in [0.05, 0.1) is 17.9 Å². The standard InChI is InChI=1S/C14H19N3O/c1-10-7-12(9-15-8-10)17-6-2-3-13(14(17)18)16-11-4-5-11/h7-9,11,13,16H,2-6H2,1H3. The summed E-state index contributed by atoms with van der Waals surface area (Å²) in [6.07, 6.45) is 8.06. The van der Waals surface area contributed by atoms with Crippen molar-refractivity contribution in [1.82, 2.24) is 10.3 Å². The van der Waals surface area contributed by atoms with E-state index >= 15 is 0 Å². The molecule has 1 N–H and O–H groups in total. The van der Waals surface area contributed by atoms with Crippen LogP contribution in [0.2, 0.25) is 0 Å². The highest BCUT2D eigenvalue weighted by Crippen LogP contribution is 2.25. The molecular weight excluding hydrogens is 226 g/mol. The minimum Gasteiger partial charge on any atom is -0.310 e. The van der Waals surface area contributed by atoms with E-state index in [1.807, 2.05) is 24.1 Å². The number of anilines is 1. The van der Waals surface area contributed by atoms with Gasteiger partial charge in [-0.15, -0.1) is 0 Å². The van der Waals surface area contributed by atoms with Crippen LogP contribution in [0.4, 0.5) is 5.69 Å². The van der Waals surface area contributed by atoms with Gasteiger partial charge in [0.15, 0.2) is 0 Å². The Hall–Kier alpha value is -1.42. The van der Waals surface area contributed by atoms with Crippen molar-refractivity contribution in [2.75, 3.05) is 11.4 Å². The monoisotopic (exact) mass is 245 g/mol. The number of carbonyl (C=O) groups excluding carboxylic acids is 1. The average molecular weight is 245 g/mol. The number of carbonyl (C=O) groups is 1. The maximum absolute atomic E-state index is 12.4. The molecule has 0 spiro atoms. The minimum atomic E-state index is 0.00626. The Morgan fingerprint density at radius 1 is 1.33 bits per heavy atom. The summed E-state index contributed by atoms with van der Waals surface area (Å²) >= 11 is 0. The van der Waals surface area contributed by atoms with Crippen LogP contribution in [0.15, 0.2) is 18.5 Å². The molecule has 1 aliphatic heterocycles. The Kier molecular flexibility index (Phi) is 3.04. The van der Waals surface area contributed by atoms with Crippen molar-refractivity contribution in [3.8, 4) is 0 Å². The van der Waals surface area contributed by atoms with Gasteiger partial charge in [-0.2, -0.15) is 0 Å². The third kappa shape index (κ3) is 2.38. The molecule has 3 rings (SSSR count). The minimum absolute atomic E-state index is 0.00626. The van der Waals surface area contributed by atoms with E-state index in [9.17, 15) is 4.79 Å². The van der Waals surface area contributed by atoms with Crippen molar-refractivity contribution in [3.63, 3.8) is 0 Å². The molecule has 1 amide bonds. The van der Waals surface area contributed by atoms with E-state index in [-0.39, 0.29) is 11.9 Å². The van der Waals surface area contributed by atoms with Crippen LogP contribution in [-0.2, 0) is 4.79 Å². The van der Waals surface area contributed by atoms with Gasteiger partial charge in [-0.25, -0.2) is 0 Å². The van der Waals surface area contributed by atoms with Crippen LogP contribution in [0.3, 0.4) is 0 Å². The highest BCUT2D eigenvalue weighted by Gasteiger charge is 2.33. The lowest BCUT2D eigenvalue weighted by atomic mass is 10.0. The average Bonchev–Trinajstić information content (AvgIpc) is 3.16. The Morgan fingerprint density at radius 3 is 2.89 bits per heavy atom. The normalized spacial score (nSPS) is 24.4. The zero-order chi connectivity index (χ0) is 12.5. The molecule has 1 atom stereocenters. The molecule has 4 heteroatoms. The maximum atomic E-state index is 12.4. The Labute approximate surface area is 107 Å². The van der Waals surface area contributed by atoms with Crippen molar-refractivity contribution >= 4 is 11.6 Å². The Morgan fingerprint density at radius 2 is 2.17 bits per heavy atom. The molecule has 0 radical (unpaired) electrons. The first kappa shape index (κ1) is 11.7. The fourth-order valence-corrected chi connectivity index (χ4v) is 2.51. The molecule has 2 aliphatic rings. The van der Waals surface area contributed by atoms with E-state index < -0.39 is 0 Å². The van der Waals surface area contributed by atoms with E-state index in [0.717, 1.165) is 30.6 Å². The largest absolute Gasteiger partial charge is 0.310 e. The summed E-state index contributed by atoms with van der Waals surface area (Å²) in [4.78, 5) is 18.5. The molecule has 0 bridgehead atoms. The first-order valence-electron chi connectivity index (χ1n) is 6.73. The highest BCUT2D eigenvalue weighted by molar-refractivity contribution is 5.97. The van der Waals surface area contributed by atoms with Gasteiger partial charge in [-0.3, -0.25) is 9.78 Å². The smallest absolute Gasteiger partial charge is 0.244 e. The predicted octanol–water partition coefficient (Wildman–Crippen LogP) is 1.64. The van der Waals surface area contributed by atoms with Crippen molar-refractivity contribution in [3.05, 3.63) is 24.0 Å². The van der Waals surface area contributed by atoms with E-state index in [4.69, 9.17) is 0 Å². The van der Waals surface area contributed by atoms with Crippen molar-refractivity contribution < 1.29 is 4.79 Å². The number of nitrogens with zero attached hydrogens (tertiary/aromatic N) is 2. The van der Waals surface area contributed by atoms with Crippen LogP contribution >= 0.6 is 0 Å². The third-order valence-electron chi connectivity index (χ3n) is 3.63. The Bertz CT molecular complexity index is 456. The van der Waals surface area contributed by atoms with Crippen molar-refractivity contribution in [1.29, 1.82) is 0 Å². The van der Waals surface area contributed by atoms with Crippen LogP contribution in [0.1, 0.15) is 31.2 Å². The molecule has 0 aromatic carbocycles. The van der Waals surface area contributed by atoms with Crippen LogP contribution in [-0.4, -0.2) is 29.5 Å². The van der Waals surface area contributed by atoms with E-state index in [2.05, 4.69) is 10.3 Å². The molecule has 18 heavy (non-hydrogen) atoms. The predicted molar refractivity (Wildman–Crippen MR) is 70.5 cm³/mol. The fourth-order valence-electron chi connectivity index (χ4n) is 2.51. The van der Waals surface area contributed by atoms with Gasteiger partial charge in [0.2, 0.25) is 5.91 Å². The third-order valence-corrected chi connectivity index (χ3v) is 3.63. The number of rotatable bonds is 3. The van der Waals surface area contributed by atoms with Gasteiger partial charge in [0.1, 0.15) is 0 Å². The zero-order valence-electron chi connectivity index (χ0n) is 10.7. The summed E-state index contributed by atoms with van der Waals surface area (Å²) in [5.74, 6) is 0.209. The van der Waals surface area contributed by atoms with Gasteiger partial charge in [0.25, 0.3) is 0 Å². The maximum Gasteiger partial charge on any atom is 0.244 e. The molecule has 1 aliphatic carbocycles. The summed E-state index contributed by atoms with van der Waals surface area (Å²) in [5.41, 5.74) is 2.03. The second kappa shape index (κ2) is 4.69. The molecule has 1 aromatic heterocycles. The molecule has 2 heterocycles. The lowest BCUT2D eigenvalue weighted by molar-refractivity contribution is -0.121. The van der Waals surface area contributed by atoms with Gasteiger partial charge in [-0.05, 0) is 44.2 Å². The molecular formula is C14H19N3O. The van der Waals surface area contributed by atoms with Crippen LogP contribution < -0.4 is 10.2 Å². The van der Waals surface area contributed by atoms with E-state index in [1.54, 1.807) is 6.20 Å². The topological polar surface area (TPSA) is 45.2 Å². The quantitative estimate of drug-likeness (QED) is 0.880. The number of aromatic nitrogens is 1. The van der Waals surface area contributed by atoms with Gasteiger partial charge < -0.3 is 10.2 Å². The first-order valence-corrected chi connectivity index (χ1v) is 6.73. The Balaban J connectivity index is 1.76. The molecule has 2 fully saturated rings. The lowest BCUT2D eigenvalue weighted by Gasteiger charge is -2.32. The molecule has 96 valence electrons. The summed E-state index contributed by atoms with van der Waals surface area (Å²) in [6.45, 7) is 2.82.